The third kappa shape index (κ3) is 4.92. The average Bonchev–Trinajstić information content (AvgIpc) is 2.68. The monoisotopic (exact) mass is 372 g/mol. The molecule has 0 saturated heterocycles. The third-order valence-electron chi connectivity index (χ3n) is 5.15. The normalized spacial score (nSPS) is 20.6. The highest BCUT2D eigenvalue weighted by atomic mass is 35.5. The molecule has 3 rings (SSSR count). The quantitative estimate of drug-likeness (QED) is 0.297. The number of hydrogen-bond acceptors (Lipinski definition) is 3. The van der Waals surface area contributed by atoms with Gasteiger partial charge in [0.05, 0.1) is 7.11 Å². The van der Waals surface area contributed by atoms with E-state index < -0.39 is 0 Å². The van der Waals surface area contributed by atoms with Crippen molar-refractivity contribution >= 4 is 23.1 Å². The van der Waals surface area contributed by atoms with Gasteiger partial charge in [-0.15, -0.1) is 0 Å². The molecule has 1 aliphatic carbocycles. The number of nitrogens with zero attached hydrogens (tertiary/aromatic N) is 1. The van der Waals surface area contributed by atoms with E-state index in [1.54, 1.807) is 7.11 Å². The van der Waals surface area contributed by atoms with Gasteiger partial charge in [0.15, 0.2) is 0 Å². The summed E-state index contributed by atoms with van der Waals surface area (Å²) in [6, 6.07) is 15.9. The van der Waals surface area contributed by atoms with E-state index in [1.165, 1.54) is 5.56 Å². The zero-order valence-corrected chi connectivity index (χ0v) is 15.7. The number of oxime groups is 1. The van der Waals surface area contributed by atoms with Crippen LogP contribution in [0.4, 0.5) is 5.69 Å². The van der Waals surface area contributed by atoms with Gasteiger partial charge in [0.25, 0.3) is 0 Å². The molecule has 2 aromatic carbocycles. The lowest BCUT2D eigenvalue weighted by Gasteiger charge is -2.29. The lowest BCUT2D eigenvalue weighted by atomic mass is 9.77. The van der Waals surface area contributed by atoms with Gasteiger partial charge in [-0.05, 0) is 73.4 Å². The summed E-state index contributed by atoms with van der Waals surface area (Å²) >= 11 is 6.01. The Bertz CT molecular complexity index is 738. The predicted octanol–water partition coefficient (Wildman–Crippen LogP) is 5.91. The van der Waals surface area contributed by atoms with E-state index in [2.05, 4.69) is 22.6 Å². The van der Waals surface area contributed by atoms with Crippen molar-refractivity contribution in [3.05, 3.63) is 59.1 Å². The molecule has 0 aliphatic heterocycles. The number of methoxy groups -OCH3 is 1. The number of ether oxygens (including phenoxy) is 1. The Morgan fingerprint density at radius 1 is 1.15 bits per heavy atom. The van der Waals surface area contributed by atoms with Crippen molar-refractivity contribution in [2.45, 2.75) is 38.0 Å². The first kappa shape index (κ1) is 18.6. The maximum Gasteiger partial charge on any atom is 0.146 e. The molecule has 0 spiro atoms. The third-order valence-corrected chi connectivity index (χ3v) is 5.39. The highest BCUT2D eigenvalue weighted by Gasteiger charge is 2.23. The highest BCUT2D eigenvalue weighted by Crippen LogP contribution is 2.37. The summed E-state index contributed by atoms with van der Waals surface area (Å²) in [4.78, 5) is 0. The van der Waals surface area contributed by atoms with Crippen molar-refractivity contribution in [3.63, 3.8) is 0 Å². The molecule has 4 nitrogen and oxygen atoms in total. The summed E-state index contributed by atoms with van der Waals surface area (Å²) in [5.74, 6) is 2.63. The standard InChI is InChI=1S/C21H25ClN2O2/c1-26-20-11-9-17(10-12-20)16-7-5-15(6-8-16)13-21(24-25)23-19-4-2-3-18(22)14-19/h2-4,9-12,14-16,25H,5-8,13H2,1H3,(H,23,24). The Morgan fingerprint density at radius 2 is 1.88 bits per heavy atom. The average molecular weight is 373 g/mol. The summed E-state index contributed by atoms with van der Waals surface area (Å²) in [6.45, 7) is 0. The number of benzene rings is 2. The van der Waals surface area contributed by atoms with Gasteiger partial charge in [-0.3, -0.25) is 0 Å². The lowest BCUT2D eigenvalue weighted by Crippen LogP contribution is -2.21. The van der Waals surface area contributed by atoms with Crippen molar-refractivity contribution in [2.24, 2.45) is 11.1 Å². The van der Waals surface area contributed by atoms with Crippen molar-refractivity contribution in [3.8, 4) is 5.75 Å². The summed E-state index contributed by atoms with van der Waals surface area (Å²) in [5, 5.41) is 16.6. The molecule has 0 radical (unpaired) electrons. The van der Waals surface area contributed by atoms with Crippen LogP contribution in [0.2, 0.25) is 5.02 Å². The number of hydrogen-bond donors (Lipinski definition) is 2. The minimum atomic E-state index is 0.530. The van der Waals surface area contributed by atoms with E-state index >= 15 is 0 Å². The van der Waals surface area contributed by atoms with Gasteiger partial charge in [-0.1, -0.05) is 35.0 Å². The molecule has 26 heavy (non-hydrogen) atoms. The van der Waals surface area contributed by atoms with Gasteiger partial charge >= 0.3 is 0 Å². The summed E-state index contributed by atoms with van der Waals surface area (Å²) < 4.78 is 5.23. The minimum Gasteiger partial charge on any atom is -0.497 e. The molecule has 2 aromatic rings. The Morgan fingerprint density at radius 3 is 2.50 bits per heavy atom. The molecular weight excluding hydrogens is 348 g/mol. The second-order valence-electron chi connectivity index (χ2n) is 6.88. The molecule has 1 saturated carbocycles. The number of nitrogens with one attached hydrogen (secondary N) is 1. The zero-order chi connectivity index (χ0) is 18.4. The van der Waals surface area contributed by atoms with Crippen LogP contribution < -0.4 is 10.1 Å². The van der Waals surface area contributed by atoms with Crippen LogP contribution in [-0.2, 0) is 0 Å². The van der Waals surface area contributed by atoms with Gasteiger partial charge in [-0.2, -0.15) is 0 Å². The largest absolute Gasteiger partial charge is 0.497 e. The Hall–Kier alpha value is -2.20. The fourth-order valence-electron chi connectivity index (χ4n) is 3.70. The molecule has 138 valence electrons. The number of rotatable bonds is 5. The maximum atomic E-state index is 9.35. The molecule has 2 N–H and O–H groups in total. The smallest absolute Gasteiger partial charge is 0.146 e. The Kier molecular flexibility index (Phi) is 6.40. The van der Waals surface area contributed by atoms with Crippen LogP contribution in [0.25, 0.3) is 0 Å². The van der Waals surface area contributed by atoms with Crippen LogP contribution in [-0.4, -0.2) is 18.2 Å². The fourth-order valence-corrected chi connectivity index (χ4v) is 3.89. The summed E-state index contributed by atoms with van der Waals surface area (Å²) in [5.41, 5.74) is 2.23. The summed E-state index contributed by atoms with van der Waals surface area (Å²) in [7, 11) is 1.69. The van der Waals surface area contributed by atoms with E-state index in [0.29, 0.717) is 22.7 Å². The van der Waals surface area contributed by atoms with E-state index in [4.69, 9.17) is 16.3 Å². The maximum absolute atomic E-state index is 9.35. The van der Waals surface area contributed by atoms with Crippen LogP contribution in [0.3, 0.4) is 0 Å². The van der Waals surface area contributed by atoms with E-state index in [0.717, 1.165) is 43.5 Å². The SMILES string of the molecule is COc1ccc(C2CCC(C/C(=N\O)Nc3cccc(Cl)c3)CC2)cc1. The molecule has 0 bridgehead atoms. The molecule has 0 unspecified atom stereocenters. The first-order valence-corrected chi connectivity index (χ1v) is 9.43. The van der Waals surface area contributed by atoms with Gasteiger partial charge < -0.3 is 15.3 Å². The van der Waals surface area contributed by atoms with Gasteiger partial charge in [0.2, 0.25) is 0 Å². The molecule has 1 aliphatic rings. The second-order valence-corrected chi connectivity index (χ2v) is 7.31. The molecule has 0 amide bonds. The molecular formula is C21H25ClN2O2. The molecule has 0 atom stereocenters. The van der Waals surface area contributed by atoms with E-state index in [-0.39, 0.29) is 0 Å². The van der Waals surface area contributed by atoms with Gasteiger partial charge in [-0.25, -0.2) is 0 Å². The van der Waals surface area contributed by atoms with E-state index in [1.807, 2.05) is 36.4 Å². The Labute approximate surface area is 159 Å². The molecule has 0 aromatic heterocycles. The minimum absolute atomic E-state index is 0.530. The Balaban J connectivity index is 1.52. The number of amidine groups is 1. The van der Waals surface area contributed by atoms with E-state index in [9.17, 15) is 5.21 Å². The summed E-state index contributed by atoms with van der Waals surface area (Å²) in [6.07, 6.45) is 5.33. The van der Waals surface area contributed by atoms with Crippen LogP contribution in [0, 0.1) is 5.92 Å². The van der Waals surface area contributed by atoms with Crippen LogP contribution in [0.15, 0.2) is 53.7 Å². The van der Waals surface area contributed by atoms with Crippen LogP contribution >= 0.6 is 11.6 Å². The van der Waals surface area contributed by atoms with Gasteiger partial charge in [0, 0.05) is 17.1 Å². The molecule has 0 heterocycles. The van der Waals surface area contributed by atoms with Gasteiger partial charge in [0.1, 0.15) is 11.6 Å². The van der Waals surface area contributed by atoms with Crippen LogP contribution in [0.5, 0.6) is 5.75 Å². The first-order valence-electron chi connectivity index (χ1n) is 9.05. The van der Waals surface area contributed by atoms with Crippen molar-refractivity contribution < 1.29 is 9.94 Å². The highest BCUT2D eigenvalue weighted by molar-refractivity contribution is 6.30. The second kappa shape index (κ2) is 8.95. The molecule has 1 fully saturated rings. The van der Waals surface area contributed by atoms with Crippen molar-refractivity contribution in [2.75, 3.05) is 12.4 Å². The van der Waals surface area contributed by atoms with Crippen LogP contribution in [0.1, 0.15) is 43.6 Å². The lowest BCUT2D eigenvalue weighted by molar-refractivity contribution is 0.306. The number of halogens is 1. The fraction of sp³-hybridized carbons (Fsp3) is 0.381. The number of anilines is 1. The molecule has 5 heteroatoms. The predicted molar refractivity (Wildman–Crippen MR) is 107 cm³/mol. The first-order chi connectivity index (χ1) is 12.7. The topological polar surface area (TPSA) is 53.9 Å². The zero-order valence-electron chi connectivity index (χ0n) is 15.0. The van der Waals surface area contributed by atoms with Crippen molar-refractivity contribution in [1.82, 2.24) is 0 Å². The van der Waals surface area contributed by atoms with Crippen molar-refractivity contribution in [1.29, 1.82) is 0 Å².